The molecule has 1 aromatic heterocycles. The number of hydrogen-bond acceptors (Lipinski definition) is 3. The Hall–Kier alpha value is -1.40. The number of aromatic nitrogens is 1. The van der Waals surface area contributed by atoms with Crippen molar-refractivity contribution in [3.63, 3.8) is 0 Å². The number of benzene rings is 2. The molecule has 0 radical (unpaired) electrons. The lowest BCUT2D eigenvalue weighted by Crippen LogP contribution is -1.86. The van der Waals surface area contributed by atoms with Crippen molar-refractivity contribution in [1.29, 1.82) is 0 Å². The molecule has 5 heteroatoms. The lowest BCUT2D eigenvalue weighted by Gasteiger charge is -1.94. The van der Waals surface area contributed by atoms with Crippen LogP contribution in [0.15, 0.2) is 46.9 Å². The number of fused-ring (bicyclic) bond motifs is 1. The number of carbonyl (C=O) groups excluding carboxylic acids is 1. The van der Waals surface area contributed by atoms with E-state index in [1.54, 1.807) is 18.2 Å². The minimum Gasteiger partial charge on any atom is -0.436 e. The van der Waals surface area contributed by atoms with Crippen LogP contribution >= 0.6 is 34.2 Å². The zero-order valence-electron chi connectivity index (χ0n) is 9.56. The zero-order valence-corrected chi connectivity index (χ0v) is 12.5. The van der Waals surface area contributed by atoms with Crippen LogP contribution in [-0.2, 0) is 0 Å². The van der Waals surface area contributed by atoms with E-state index in [1.165, 1.54) is 0 Å². The molecule has 3 nitrogen and oxygen atoms in total. The number of oxazole rings is 1. The summed E-state index contributed by atoms with van der Waals surface area (Å²) in [6.07, 6.45) is 0. The molecule has 0 aliphatic carbocycles. The molecular weight excluding hydrogens is 377 g/mol. The molecular formula is C14H7ClINO2. The number of rotatable bonds is 2. The summed E-state index contributed by atoms with van der Waals surface area (Å²) in [5.41, 5.74) is 2.58. The molecule has 0 N–H and O–H groups in total. The van der Waals surface area contributed by atoms with E-state index in [4.69, 9.17) is 16.0 Å². The summed E-state index contributed by atoms with van der Waals surface area (Å²) in [5, 5.41) is -0.499. The summed E-state index contributed by atoms with van der Waals surface area (Å²) < 4.78 is 6.78. The average Bonchev–Trinajstić information content (AvgIpc) is 2.81. The molecule has 0 aliphatic rings. The lowest BCUT2D eigenvalue weighted by molar-refractivity contribution is 0.108. The molecule has 3 rings (SSSR count). The van der Waals surface area contributed by atoms with E-state index in [0.717, 1.165) is 9.13 Å². The van der Waals surface area contributed by atoms with E-state index in [0.29, 0.717) is 22.6 Å². The third kappa shape index (κ3) is 2.50. The van der Waals surface area contributed by atoms with Gasteiger partial charge in [0.2, 0.25) is 5.89 Å². The van der Waals surface area contributed by atoms with Crippen molar-refractivity contribution < 1.29 is 9.21 Å². The van der Waals surface area contributed by atoms with Crippen LogP contribution in [0.2, 0.25) is 0 Å². The molecule has 3 aromatic rings. The van der Waals surface area contributed by atoms with Crippen molar-refractivity contribution in [3.8, 4) is 11.5 Å². The summed E-state index contributed by atoms with van der Waals surface area (Å²) in [4.78, 5) is 15.5. The van der Waals surface area contributed by atoms with Gasteiger partial charge in [-0.1, -0.05) is 6.07 Å². The van der Waals surface area contributed by atoms with Crippen molar-refractivity contribution in [2.75, 3.05) is 0 Å². The van der Waals surface area contributed by atoms with Gasteiger partial charge in [-0.3, -0.25) is 4.79 Å². The van der Waals surface area contributed by atoms with Crippen LogP contribution in [0, 0.1) is 3.57 Å². The Morgan fingerprint density at radius 2 is 2.05 bits per heavy atom. The summed E-state index contributed by atoms with van der Waals surface area (Å²) in [6.45, 7) is 0. The van der Waals surface area contributed by atoms with Gasteiger partial charge in [-0.15, -0.1) is 0 Å². The van der Waals surface area contributed by atoms with Gasteiger partial charge in [-0.2, -0.15) is 0 Å². The van der Waals surface area contributed by atoms with E-state index in [1.807, 2.05) is 24.3 Å². The highest BCUT2D eigenvalue weighted by Gasteiger charge is 2.10. The van der Waals surface area contributed by atoms with E-state index < -0.39 is 5.24 Å². The standard InChI is InChI=1S/C14H7ClINO2/c15-13(18)8-4-5-12-11(7-8)17-14(19-12)9-2-1-3-10(16)6-9/h1-7H. The number of hydrogen-bond donors (Lipinski definition) is 0. The topological polar surface area (TPSA) is 43.1 Å². The van der Waals surface area contributed by atoms with Gasteiger partial charge in [0, 0.05) is 14.7 Å². The predicted molar refractivity (Wildman–Crippen MR) is 82.3 cm³/mol. The third-order valence-electron chi connectivity index (χ3n) is 2.69. The van der Waals surface area contributed by atoms with Crippen LogP contribution in [0.1, 0.15) is 10.4 Å². The van der Waals surface area contributed by atoms with Crippen molar-refractivity contribution in [2.24, 2.45) is 0 Å². The minimum atomic E-state index is -0.499. The molecule has 19 heavy (non-hydrogen) atoms. The van der Waals surface area contributed by atoms with Crippen LogP contribution in [0.3, 0.4) is 0 Å². The summed E-state index contributed by atoms with van der Waals surface area (Å²) in [6, 6.07) is 12.8. The van der Waals surface area contributed by atoms with Gasteiger partial charge in [0.15, 0.2) is 5.58 Å². The molecule has 0 saturated heterocycles. The highest BCUT2D eigenvalue weighted by Crippen LogP contribution is 2.26. The Morgan fingerprint density at radius 3 is 2.79 bits per heavy atom. The fourth-order valence-corrected chi connectivity index (χ4v) is 2.46. The van der Waals surface area contributed by atoms with Gasteiger partial charge in [-0.05, 0) is 70.6 Å². The monoisotopic (exact) mass is 383 g/mol. The van der Waals surface area contributed by atoms with Crippen LogP contribution in [0.25, 0.3) is 22.6 Å². The number of nitrogens with zero attached hydrogens (tertiary/aromatic N) is 1. The average molecular weight is 384 g/mol. The Kier molecular flexibility index (Phi) is 3.28. The molecule has 0 saturated carbocycles. The summed E-state index contributed by atoms with van der Waals surface area (Å²) in [5.74, 6) is 0.535. The summed E-state index contributed by atoms with van der Waals surface area (Å²) in [7, 11) is 0. The highest BCUT2D eigenvalue weighted by atomic mass is 127. The van der Waals surface area contributed by atoms with E-state index >= 15 is 0 Å². The maximum absolute atomic E-state index is 11.1. The fraction of sp³-hybridized carbons (Fsp3) is 0. The van der Waals surface area contributed by atoms with Crippen LogP contribution in [0.5, 0.6) is 0 Å². The van der Waals surface area contributed by atoms with Gasteiger partial charge >= 0.3 is 0 Å². The van der Waals surface area contributed by atoms with Gasteiger partial charge in [0.05, 0.1) is 0 Å². The normalized spacial score (nSPS) is 10.8. The van der Waals surface area contributed by atoms with Crippen LogP contribution < -0.4 is 0 Å². The second-order valence-electron chi connectivity index (χ2n) is 3.99. The van der Waals surface area contributed by atoms with Gasteiger partial charge in [0.1, 0.15) is 5.52 Å². The Morgan fingerprint density at radius 1 is 1.21 bits per heavy atom. The molecule has 0 spiro atoms. The number of carbonyl (C=O) groups is 1. The summed E-state index contributed by atoms with van der Waals surface area (Å²) >= 11 is 7.68. The lowest BCUT2D eigenvalue weighted by atomic mass is 10.2. The first-order valence-electron chi connectivity index (χ1n) is 5.50. The molecule has 0 fully saturated rings. The molecule has 0 amide bonds. The Bertz CT molecular complexity index is 782. The first-order chi connectivity index (χ1) is 9.13. The molecule has 0 atom stereocenters. The molecule has 0 unspecified atom stereocenters. The smallest absolute Gasteiger partial charge is 0.252 e. The fourth-order valence-electron chi connectivity index (χ4n) is 1.79. The van der Waals surface area contributed by atoms with Crippen molar-refractivity contribution in [3.05, 3.63) is 51.6 Å². The van der Waals surface area contributed by atoms with Gasteiger partial charge < -0.3 is 4.42 Å². The van der Waals surface area contributed by atoms with Crippen molar-refractivity contribution >= 4 is 50.5 Å². The Balaban J connectivity index is 2.14. The zero-order chi connectivity index (χ0) is 13.4. The van der Waals surface area contributed by atoms with Crippen LogP contribution in [-0.4, -0.2) is 10.2 Å². The largest absolute Gasteiger partial charge is 0.436 e. The molecule has 1 heterocycles. The van der Waals surface area contributed by atoms with E-state index in [9.17, 15) is 4.79 Å². The van der Waals surface area contributed by atoms with E-state index in [2.05, 4.69) is 27.6 Å². The maximum Gasteiger partial charge on any atom is 0.252 e. The number of halogens is 2. The molecule has 94 valence electrons. The third-order valence-corrected chi connectivity index (χ3v) is 3.58. The SMILES string of the molecule is O=C(Cl)c1ccc2oc(-c3cccc(I)c3)nc2c1. The molecule has 0 bridgehead atoms. The van der Waals surface area contributed by atoms with E-state index in [-0.39, 0.29) is 0 Å². The highest BCUT2D eigenvalue weighted by molar-refractivity contribution is 14.1. The second-order valence-corrected chi connectivity index (χ2v) is 5.57. The quantitative estimate of drug-likeness (QED) is 0.484. The van der Waals surface area contributed by atoms with Crippen LogP contribution in [0.4, 0.5) is 0 Å². The second kappa shape index (κ2) is 4.94. The van der Waals surface area contributed by atoms with Crippen molar-refractivity contribution in [1.82, 2.24) is 4.98 Å². The predicted octanol–water partition coefficient (Wildman–Crippen LogP) is 4.48. The first-order valence-corrected chi connectivity index (χ1v) is 6.95. The Labute approximate surface area is 127 Å². The molecule has 2 aromatic carbocycles. The van der Waals surface area contributed by atoms with Gasteiger partial charge in [0.25, 0.3) is 5.24 Å². The molecule has 0 aliphatic heterocycles. The maximum atomic E-state index is 11.1. The van der Waals surface area contributed by atoms with Gasteiger partial charge in [-0.25, -0.2) is 4.98 Å². The first kappa shape index (κ1) is 12.6. The minimum absolute atomic E-state index is 0.414. The van der Waals surface area contributed by atoms with Crippen molar-refractivity contribution in [2.45, 2.75) is 0 Å².